The molecule has 0 bridgehead atoms. The predicted octanol–water partition coefficient (Wildman–Crippen LogP) is 5.79. The molecule has 1 unspecified atom stereocenters. The molecule has 2 aromatic rings. The van der Waals surface area contributed by atoms with Crippen molar-refractivity contribution >= 4 is 55.1 Å². The third-order valence-corrected chi connectivity index (χ3v) is 4.34. The van der Waals surface area contributed by atoms with Crippen molar-refractivity contribution in [3.05, 3.63) is 66.5 Å². The average Bonchev–Trinajstić information content (AvgIpc) is 2.32. The van der Waals surface area contributed by atoms with Gasteiger partial charge in [-0.05, 0) is 41.5 Å². The van der Waals surface area contributed by atoms with Gasteiger partial charge < -0.3 is 5.11 Å². The van der Waals surface area contributed by atoms with Crippen LogP contribution in [0.15, 0.2) is 45.3 Å². The maximum atomic E-state index is 10.3. The second kappa shape index (κ2) is 6.59. The maximum absolute atomic E-state index is 10.3. The molecule has 0 spiro atoms. The zero-order valence-electron chi connectivity index (χ0n) is 9.71. The van der Waals surface area contributed by atoms with E-state index in [-0.39, 0.29) is 0 Å². The number of halogens is 4. The van der Waals surface area contributed by atoms with Crippen LogP contribution in [0.1, 0.15) is 17.2 Å². The highest BCUT2D eigenvalue weighted by Crippen LogP contribution is 2.28. The van der Waals surface area contributed by atoms with E-state index in [9.17, 15) is 5.11 Å². The van der Waals surface area contributed by atoms with Crippen LogP contribution >= 0.6 is 55.1 Å². The number of aliphatic hydroxyl groups excluding tert-OH is 1. The summed E-state index contributed by atoms with van der Waals surface area (Å²) >= 11 is 18.7. The molecule has 5 heteroatoms. The first-order valence-electron chi connectivity index (χ1n) is 5.53. The Balaban J connectivity index is 2.20. The van der Waals surface area contributed by atoms with Crippen LogP contribution in [0, 0.1) is 0 Å². The van der Waals surface area contributed by atoms with E-state index in [4.69, 9.17) is 23.2 Å². The Morgan fingerprint density at radius 1 is 0.947 bits per heavy atom. The molecular formula is C14H10Br2Cl2O. The molecule has 0 amide bonds. The Labute approximate surface area is 138 Å². The van der Waals surface area contributed by atoms with Gasteiger partial charge in [-0.1, -0.05) is 61.1 Å². The van der Waals surface area contributed by atoms with Crippen LogP contribution in [0.2, 0.25) is 10.0 Å². The van der Waals surface area contributed by atoms with Crippen molar-refractivity contribution < 1.29 is 5.11 Å². The highest BCUT2D eigenvalue weighted by molar-refractivity contribution is 9.11. The molecule has 0 radical (unpaired) electrons. The first-order valence-corrected chi connectivity index (χ1v) is 7.88. The largest absolute Gasteiger partial charge is 0.388 e. The molecule has 0 aliphatic carbocycles. The van der Waals surface area contributed by atoms with Crippen LogP contribution in [-0.2, 0) is 6.42 Å². The van der Waals surface area contributed by atoms with Gasteiger partial charge in [0.1, 0.15) is 0 Å². The zero-order chi connectivity index (χ0) is 14.0. The number of hydrogen-bond acceptors (Lipinski definition) is 1. The lowest BCUT2D eigenvalue weighted by molar-refractivity contribution is 0.178. The molecule has 2 rings (SSSR count). The molecule has 0 aliphatic heterocycles. The van der Waals surface area contributed by atoms with Crippen LogP contribution in [-0.4, -0.2) is 5.11 Å². The monoisotopic (exact) mass is 422 g/mol. The minimum absolute atomic E-state index is 0.486. The Kier molecular flexibility index (Phi) is 5.32. The van der Waals surface area contributed by atoms with Gasteiger partial charge in [0.15, 0.2) is 0 Å². The smallest absolute Gasteiger partial charge is 0.0831 e. The van der Waals surface area contributed by atoms with E-state index in [2.05, 4.69) is 31.9 Å². The van der Waals surface area contributed by atoms with Gasteiger partial charge in [-0.3, -0.25) is 0 Å². The van der Waals surface area contributed by atoms with E-state index >= 15 is 0 Å². The number of rotatable bonds is 3. The van der Waals surface area contributed by atoms with Crippen molar-refractivity contribution in [2.24, 2.45) is 0 Å². The van der Waals surface area contributed by atoms with Crippen molar-refractivity contribution in [2.75, 3.05) is 0 Å². The van der Waals surface area contributed by atoms with E-state index in [0.717, 1.165) is 20.1 Å². The zero-order valence-corrected chi connectivity index (χ0v) is 14.4. The molecule has 1 atom stereocenters. The van der Waals surface area contributed by atoms with Crippen molar-refractivity contribution in [1.29, 1.82) is 0 Å². The van der Waals surface area contributed by atoms with Gasteiger partial charge in [-0.2, -0.15) is 0 Å². The summed E-state index contributed by atoms with van der Waals surface area (Å²) in [7, 11) is 0. The van der Waals surface area contributed by atoms with Gasteiger partial charge in [0.25, 0.3) is 0 Å². The second-order valence-corrected chi connectivity index (χ2v) is 6.82. The highest BCUT2D eigenvalue weighted by Gasteiger charge is 2.11. The Bertz CT molecular complexity index is 582. The summed E-state index contributed by atoms with van der Waals surface area (Å²) in [5.74, 6) is 0. The van der Waals surface area contributed by atoms with Crippen molar-refractivity contribution in [3.63, 3.8) is 0 Å². The molecule has 0 aliphatic rings. The van der Waals surface area contributed by atoms with Crippen molar-refractivity contribution in [3.8, 4) is 0 Å². The molecule has 0 aromatic heterocycles. The van der Waals surface area contributed by atoms with E-state index in [1.54, 1.807) is 12.1 Å². The summed E-state index contributed by atoms with van der Waals surface area (Å²) in [6.07, 6.45) is -0.106. The molecule has 100 valence electrons. The SMILES string of the molecule is OC(Cc1ccc(Cl)c(Cl)c1)c1cc(Br)cc(Br)c1. The fraction of sp³-hybridized carbons (Fsp3) is 0.143. The molecular weight excluding hydrogens is 415 g/mol. The van der Waals surface area contributed by atoms with Gasteiger partial charge in [0.2, 0.25) is 0 Å². The topological polar surface area (TPSA) is 20.2 Å². The van der Waals surface area contributed by atoms with Gasteiger partial charge in [0, 0.05) is 15.4 Å². The lowest BCUT2D eigenvalue weighted by Crippen LogP contribution is -2.02. The van der Waals surface area contributed by atoms with Crippen molar-refractivity contribution in [2.45, 2.75) is 12.5 Å². The summed E-state index contributed by atoms with van der Waals surface area (Å²) < 4.78 is 1.84. The fourth-order valence-corrected chi connectivity index (χ4v) is 3.43. The average molecular weight is 425 g/mol. The standard InChI is InChI=1S/C14H10Br2Cl2O/c15-10-5-9(6-11(16)7-10)14(19)4-8-1-2-12(17)13(18)3-8/h1-3,5-7,14,19H,4H2. The number of benzene rings is 2. The Morgan fingerprint density at radius 2 is 1.58 bits per heavy atom. The van der Waals surface area contributed by atoms with Gasteiger partial charge in [-0.15, -0.1) is 0 Å². The molecule has 1 nitrogen and oxygen atoms in total. The van der Waals surface area contributed by atoms with Crippen LogP contribution in [0.4, 0.5) is 0 Å². The quantitative estimate of drug-likeness (QED) is 0.660. The number of hydrogen-bond donors (Lipinski definition) is 1. The first-order chi connectivity index (χ1) is 8.95. The first kappa shape index (κ1) is 15.3. The Hall–Kier alpha value is -0.0600. The normalized spacial score (nSPS) is 12.5. The lowest BCUT2D eigenvalue weighted by Gasteiger charge is -2.12. The molecule has 0 saturated heterocycles. The van der Waals surface area contributed by atoms with Crippen LogP contribution < -0.4 is 0 Å². The van der Waals surface area contributed by atoms with E-state index in [1.165, 1.54) is 0 Å². The fourth-order valence-electron chi connectivity index (χ4n) is 1.78. The highest BCUT2D eigenvalue weighted by atomic mass is 79.9. The van der Waals surface area contributed by atoms with Gasteiger partial charge in [0.05, 0.1) is 16.1 Å². The minimum Gasteiger partial charge on any atom is -0.388 e. The van der Waals surface area contributed by atoms with Gasteiger partial charge in [-0.25, -0.2) is 0 Å². The summed E-state index contributed by atoms with van der Waals surface area (Å²) in [4.78, 5) is 0. The summed E-state index contributed by atoms with van der Waals surface area (Å²) in [5, 5.41) is 11.3. The lowest BCUT2D eigenvalue weighted by atomic mass is 10.0. The molecule has 0 heterocycles. The molecule has 0 fully saturated rings. The Morgan fingerprint density at radius 3 is 2.16 bits per heavy atom. The summed E-state index contributed by atoms with van der Waals surface area (Å²) in [6.45, 7) is 0. The minimum atomic E-state index is -0.592. The molecule has 19 heavy (non-hydrogen) atoms. The molecule has 0 saturated carbocycles. The van der Waals surface area contributed by atoms with Gasteiger partial charge >= 0.3 is 0 Å². The third kappa shape index (κ3) is 4.20. The van der Waals surface area contributed by atoms with Crippen LogP contribution in [0.5, 0.6) is 0 Å². The van der Waals surface area contributed by atoms with E-state index in [0.29, 0.717) is 16.5 Å². The molecule has 1 N–H and O–H groups in total. The second-order valence-electron chi connectivity index (χ2n) is 4.17. The summed E-state index contributed by atoms with van der Waals surface area (Å²) in [6, 6.07) is 11.1. The van der Waals surface area contributed by atoms with E-state index in [1.807, 2.05) is 24.3 Å². The third-order valence-electron chi connectivity index (χ3n) is 2.68. The maximum Gasteiger partial charge on any atom is 0.0831 e. The predicted molar refractivity (Wildman–Crippen MR) is 87.0 cm³/mol. The van der Waals surface area contributed by atoms with Crippen LogP contribution in [0.3, 0.4) is 0 Å². The van der Waals surface area contributed by atoms with E-state index < -0.39 is 6.10 Å². The van der Waals surface area contributed by atoms with Crippen molar-refractivity contribution in [1.82, 2.24) is 0 Å². The number of aliphatic hydroxyl groups is 1. The summed E-state index contributed by atoms with van der Waals surface area (Å²) in [5.41, 5.74) is 1.78. The van der Waals surface area contributed by atoms with Crippen LogP contribution in [0.25, 0.3) is 0 Å². The molecule has 2 aromatic carbocycles.